The van der Waals surface area contributed by atoms with E-state index in [0.717, 1.165) is 22.1 Å². The highest BCUT2D eigenvalue weighted by Gasteiger charge is 2.19. The number of carbonyl (C=O) groups excluding carboxylic acids is 1. The van der Waals surface area contributed by atoms with Crippen LogP contribution in [-0.4, -0.2) is 37.6 Å². The number of amides is 1. The first-order valence-electron chi connectivity index (χ1n) is 13.5. The van der Waals surface area contributed by atoms with Gasteiger partial charge in [-0.05, 0) is 89.7 Å². The van der Waals surface area contributed by atoms with Gasteiger partial charge in [0.2, 0.25) is 0 Å². The Bertz CT molecular complexity index is 2110. The smallest absolute Gasteiger partial charge is 0.284 e. The summed E-state index contributed by atoms with van der Waals surface area (Å²) in [5.74, 6) is -0.961. The third kappa shape index (κ3) is 6.24. The number of ether oxygens (including phenoxy) is 2. The summed E-state index contributed by atoms with van der Waals surface area (Å²) in [6.45, 7) is 2.07. The fraction of sp³-hybridized carbons (Fsp3) is 0.0938. The Balaban J connectivity index is 1.22. The molecule has 0 aliphatic heterocycles. The van der Waals surface area contributed by atoms with Crippen molar-refractivity contribution in [2.75, 3.05) is 12.4 Å². The maximum absolute atomic E-state index is 15.3. The summed E-state index contributed by atoms with van der Waals surface area (Å²) in [6, 6.07) is 19.6. The minimum atomic E-state index is -0.760. The van der Waals surface area contributed by atoms with Crippen molar-refractivity contribution in [1.82, 2.24) is 24.5 Å². The monoisotopic (exact) mass is 720 g/mol. The summed E-state index contributed by atoms with van der Waals surface area (Å²) >= 11 is 2.08. The van der Waals surface area contributed by atoms with Gasteiger partial charge in [-0.15, -0.1) is 0 Å². The average molecular weight is 720 g/mol. The van der Waals surface area contributed by atoms with Crippen molar-refractivity contribution in [3.8, 4) is 22.9 Å². The van der Waals surface area contributed by atoms with Crippen molar-refractivity contribution in [3.63, 3.8) is 0 Å². The molecule has 6 rings (SSSR count). The Kier molecular flexibility index (Phi) is 8.26. The van der Waals surface area contributed by atoms with E-state index in [1.54, 1.807) is 31.0 Å². The lowest BCUT2D eigenvalue weighted by atomic mass is 10.2. The molecular weight excluding hydrogens is 697 g/mol. The first-order chi connectivity index (χ1) is 21.7. The van der Waals surface area contributed by atoms with Gasteiger partial charge in [-0.1, -0.05) is 12.1 Å². The summed E-state index contributed by atoms with van der Waals surface area (Å²) in [6.07, 6.45) is 1.56. The molecule has 3 aromatic heterocycles. The molecule has 226 valence electrons. The van der Waals surface area contributed by atoms with Crippen molar-refractivity contribution in [1.29, 1.82) is 0 Å². The molecule has 0 radical (unpaired) electrons. The van der Waals surface area contributed by atoms with Gasteiger partial charge in [0.05, 0.1) is 30.4 Å². The molecular formula is C32H23F2IN6O4. The van der Waals surface area contributed by atoms with Crippen LogP contribution in [0.2, 0.25) is 0 Å². The van der Waals surface area contributed by atoms with E-state index in [4.69, 9.17) is 9.47 Å². The number of hydrogen-bond acceptors (Lipinski definition) is 7. The highest BCUT2D eigenvalue weighted by atomic mass is 127. The quantitative estimate of drug-likeness (QED) is 0.185. The molecule has 0 saturated carbocycles. The number of hydrogen-bond donors (Lipinski definition) is 1. The predicted octanol–water partition coefficient (Wildman–Crippen LogP) is 6.27. The van der Waals surface area contributed by atoms with Crippen LogP contribution in [0.1, 0.15) is 21.6 Å². The van der Waals surface area contributed by atoms with Crippen LogP contribution in [-0.2, 0) is 6.54 Å². The molecule has 0 unspecified atom stereocenters. The third-order valence-corrected chi connectivity index (χ3v) is 7.56. The average Bonchev–Trinajstić information content (AvgIpc) is 3.35. The maximum Gasteiger partial charge on any atom is 0.284 e. The summed E-state index contributed by atoms with van der Waals surface area (Å²) < 4.78 is 43.2. The largest absolute Gasteiger partial charge is 0.497 e. The second-order valence-corrected chi connectivity index (χ2v) is 10.9. The number of benzene rings is 3. The fourth-order valence-electron chi connectivity index (χ4n) is 4.64. The van der Waals surface area contributed by atoms with Gasteiger partial charge in [0, 0.05) is 24.0 Å². The molecule has 3 heterocycles. The van der Waals surface area contributed by atoms with Gasteiger partial charge in [0.1, 0.15) is 26.6 Å². The lowest BCUT2D eigenvalue weighted by molar-refractivity contribution is 0.102. The van der Waals surface area contributed by atoms with Crippen molar-refractivity contribution in [3.05, 3.63) is 128 Å². The van der Waals surface area contributed by atoms with Crippen molar-refractivity contribution < 1.29 is 23.0 Å². The second-order valence-electron chi connectivity index (χ2n) is 9.90. The van der Waals surface area contributed by atoms with Crippen molar-refractivity contribution in [2.24, 2.45) is 0 Å². The first kappa shape index (κ1) is 29.9. The summed E-state index contributed by atoms with van der Waals surface area (Å²) in [7, 11) is 1.61. The molecule has 0 aliphatic carbocycles. The van der Waals surface area contributed by atoms with Crippen LogP contribution in [0.25, 0.3) is 16.7 Å². The lowest BCUT2D eigenvalue weighted by Crippen LogP contribution is -2.30. The fourth-order valence-corrected chi connectivity index (χ4v) is 5.41. The molecule has 13 heteroatoms. The normalized spacial score (nSPS) is 11.0. The molecule has 0 bridgehead atoms. The van der Waals surface area contributed by atoms with Crippen LogP contribution in [0.15, 0.2) is 89.9 Å². The molecule has 0 aliphatic rings. The zero-order valence-electron chi connectivity index (χ0n) is 23.8. The van der Waals surface area contributed by atoms with E-state index in [9.17, 15) is 14.0 Å². The Labute approximate surface area is 268 Å². The second kappa shape index (κ2) is 12.4. The Morgan fingerprint density at radius 1 is 0.956 bits per heavy atom. The molecule has 0 spiro atoms. The Morgan fingerprint density at radius 2 is 1.71 bits per heavy atom. The zero-order valence-corrected chi connectivity index (χ0v) is 26.0. The SMILES string of the molecule is COc1ccc(Cn2nc(I)c3c(Oc4ccc(NC(=O)c5cc(C)nn(-c6ccc(F)cc6)c5=O)cc4F)ccnc32)cc1. The van der Waals surface area contributed by atoms with E-state index < -0.39 is 23.1 Å². The number of carbonyl (C=O) groups is 1. The molecule has 1 amide bonds. The highest BCUT2D eigenvalue weighted by molar-refractivity contribution is 14.1. The van der Waals surface area contributed by atoms with Crippen LogP contribution >= 0.6 is 22.6 Å². The number of anilines is 1. The van der Waals surface area contributed by atoms with E-state index >= 15 is 4.39 Å². The summed E-state index contributed by atoms with van der Waals surface area (Å²) in [4.78, 5) is 30.6. The number of pyridine rings is 1. The van der Waals surface area contributed by atoms with Gasteiger partial charge in [0.15, 0.2) is 17.2 Å². The van der Waals surface area contributed by atoms with E-state index in [-0.39, 0.29) is 22.7 Å². The molecule has 45 heavy (non-hydrogen) atoms. The number of methoxy groups -OCH3 is 1. The van der Waals surface area contributed by atoms with E-state index in [1.807, 2.05) is 24.3 Å². The van der Waals surface area contributed by atoms with Crippen molar-refractivity contribution >= 4 is 45.2 Å². The Hall–Kier alpha value is -5.18. The number of aryl methyl sites for hydroxylation is 1. The maximum atomic E-state index is 15.3. The van der Waals surface area contributed by atoms with E-state index in [2.05, 4.69) is 43.1 Å². The van der Waals surface area contributed by atoms with Crippen LogP contribution in [0.3, 0.4) is 0 Å². The molecule has 0 atom stereocenters. The van der Waals surface area contributed by atoms with Crippen molar-refractivity contribution in [2.45, 2.75) is 13.5 Å². The molecule has 3 aromatic carbocycles. The van der Waals surface area contributed by atoms with Crippen LogP contribution in [0, 0.1) is 22.3 Å². The van der Waals surface area contributed by atoms with Gasteiger partial charge < -0.3 is 14.8 Å². The van der Waals surface area contributed by atoms with Gasteiger partial charge >= 0.3 is 0 Å². The van der Waals surface area contributed by atoms with Gasteiger partial charge in [-0.3, -0.25) is 9.59 Å². The minimum Gasteiger partial charge on any atom is -0.497 e. The third-order valence-electron chi connectivity index (χ3n) is 6.80. The van der Waals surface area contributed by atoms with E-state index in [0.29, 0.717) is 32.7 Å². The molecule has 6 aromatic rings. The number of nitrogens with zero attached hydrogens (tertiary/aromatic N) is 5. The number of nitrogens with one attached hydrogen (secondary N) is 1. The number of aromatic nitrogens is 5. The number of halogens is 3. The predicted molar refractivity (Wildman–Crippen MR) is 171 cm³/mol. The molecule has 0 saturated heterocycles. The Morgan fingerprint density at radius 3 is 2.42 bits per heavy atom. The van der Waals surface area contributed by atoms with Crippen LogP contribution in [0.5, 0.6) is 17.2 Å². The van der Waals surface area contributed by atoms with Gasteiger partial charge in [-0.25, -0.2) is 18.4 Å². The van der Waals surface area contributed by atoms with E-state index in [1.165, 1.54) is 42.5 Å². The molecule has 1 N–H and O–H groups in total. The number of fused-ring (bicyclic) bond motifs is 1. The highest BCUT2D eigenvalue weighted by Crippen LogP contribution is 2.34. The molecule has 0 fully saturated rings. The van der Waals surface area contributed by atoms with Crippen LogP contribution < -0.4 is 20.3 Å². The standard InChI is InChI=1S/C32H23F2IN6O4/c1-18-15-24(32(43)41(38-18)22-8-5-20(33)6-9-22)31(42)37-21-7-12-26(25(34)16-21)45-27-13-14-36-30-28(27)29(35)39-40(30)17-19-3-10-23(44-2)11-4-19/h3-16H,17H2,1-2H3,(H,37,42). The molecule has 10 nitrogen and oxygen atoms in total. The van der Waals surface area contributed by atoms with Gasteiger partial charge in [-0.2, -0.15) is 14.9 Å². The first-order valence-corrected chi connectivity index (χ1v) is 14.6. The minimum absolute atomic E-state index is 0.0855. The number of rotatable bonds is 8. The van der Waals surface area contributed by atoms with Gasteiger partial charge in [0.25, 0.3) is 11.5 Å². The lowest BCUT2D eigenvalue weighted by Gasteiger charge is -2.11. The zero-order chi connectivity index (χ0) is 31.7. The van der Waals surface area contributed by atoms with Crippen LogP contribution in [0.4, 0.5) is 14.5 Å². The summed E-state index contributed by atoms with van der Waals surface area (Å²) in [5, 5.41) is 11.9. The topological polar surface area (TPSA) is 113 Å². The summed E-state index contributed by atoms with van der Waals surface area (Å²) in [5.41, 5.74) is 1.40.